The van der Waals surface area contributed by atoms with E-state index in [1.165, 1.54) is 18.1 Å². The Morgan fingerprint density at radius 2 is 2.12 bits per heavy atom. The first kappa shape index (κ1) is 18.2. The zero-order chi connectivity index (χ0) is 17.5. The molecular weight excluding hydrogens is 315 g/mol. The second kappa shape index (κ2) is 8.63. The van der Waals surface area contributed by atoms with Crippen LogP contribution in [0.15, 0.2) is 24.3 Å². The number of likely N-dealkylation sites (N-methyl/N-ethyl adjacent to an activating group) is 1. The van der Waals surface area contributed by atoms with Gasteiger partial charge in [-0.3, -0.25) is 14.5 Å². The van der Waals surface area contributed by atoms with Crippen LogP contribution in [0.4, 0.5) is 4.39 Å². The van der Waals surface area contributed by atoms with E-state index in [4.69, 9.17) is 9.47 Å². The minimum Gasteiger partial charge on any atom is -0.489 e. The second-order valence-corrected chi connectivity index (χ2v) is 5.75. The summed E-state index contributed by atoms with van der Waals surface area (Å²) in [6.45, 7) is 1.40. The zero-order valence-corrected chi connectivity index (χ0v) is 14.0. The molecule has 0 saturated carbocycles. The molecule has 24 heavy (non-hydrogen) atoms. The van der Waals surface area contributed by atoms with E-state index < -0.39 is 5.82 Å². The minimum absolute atomic E-state index is 0.108. The van der Waals surface area contributed by atoms with E-state index in [0.29, 0.717) is 19.5 Å². The molecule has 1 unspecified atom stereocenters. The predicted molar refractivity (Wildman–Crippen MR) is 86.1 cm³/mol. The highest BCUT2D eigenvalue weighted by Crippen LogP contribution is 2.18. The molecule has 6 nitrogen and oxygen atoms in total. The SMILES string of the molecule is COC(=O)C1CCCN1CC(=O)N(C)CCOc1ccccc1F. The number of carbonyl (C=O) groups is 2. The number of esters is 1. The van der Waals surface area contributed by atoms with Gasteiger partial charge >= 0.3 is 5.97 Å². The molecule has 0 radical (unpaired) electrons. The van der Waals surface area contributed by atoms with Gasteiger partial charge in [-0.15, -0.1) is 0 Å². The number of benzene rings is 1. The number of methoxy groups -OCH3 is 1. The predicted octanol–water partition coefficient (Wildman–Crippen LogP) is 1.30. The topological polar surface area (TPSA) is 59.1 Å². The Hall–Kier alpha value is -2.15. The van der Waals surface area contributed by atoms with Crippen molar-refractivity contribution in [2.45, 2.75) is 18.9 Å². The van der Waals surface area contributed by atoms with Crippen molar-refractivity contribution in [1.29, 1.82) is 0 Å². The van der Waals surface area contributed by atoms with Gasteiger partial charge in [0.05, 0.1) is 20.2 Å². The van der Waals surface area contributed by atoms with Crippen LogP contribution in [0, 0.1) is 5.82 Å². The fraction of sp³-hybridized carbons (Fsp3) is 0.529. The van der Waals surface area contributed by atoms with Crippen molar-refractivity contribution in [3.8, 4) is 5.75 Å². The molecule has 1 amide bonds. The molecule has 1 saturated heterocycles. The molecule has 0 N–H and O–H groups in total. The third-order valence-electron chi connectivity index (χ3n) is 4.12. The Kier molecular flexibility index (Phi) is 6.54. The Morgan fingerprint density at radius 1 is 1.38 bits per heavy atom. The van der Waals surface area contributed by atoms with Gasteiger partial charge in [0.2, 0.25) is 5.91 Å². The number of carbonyl (C=O) groups excluding carboxylic acids is 2. The molecule has 132 valence electrons. The van der Waals surface area contributed by atoms with Crippen molar-refractivity contribution in [2.75, 3.05) is 40.4 Å². The number of hydrogen-bond acceptors (Lipinski definition) is 5. The van der Waals surface area contributed by atoms with Crippen LogP contribution < -0.4 is 4.74 Å². The first-order chi connectivity index (χ1) is 11.5. The highest BCUT2D eigenvalue weighted by molar-refractivity contribution is 5.80. The second-order valence-electron chi connectivity index (χ2n) is 5.75. The van der Waals surface area contributed by atoms with E-state index in [1.54, 1.807) is 25.2 Å². The molecule has 1 fully saturated rings. The van der Waals surface area contributed by atoms with Gasteiger partial charge in [0.15, 0.2) is 11.6 Å². The lowest BCUT2D eigenvalue weighted by Crippen LogP contribution is -2.44. The molecule has 1 heterocycles. The van der Waals surface area contributed by atoms with Crippen LogP contribution in [-0.4, -0.2) is 68.1 Å². The third kappa shape index (κ3) is 4.67. The Bertz CT molecular complexity index is 581. The largest absolute Gasteiger partial charge is 0.489 e. The maximum atomic E-state index is 13.4. The van der Waals surface area contributed by atoms with Crippen molar-refractivity contribution < 1.29 is 23.5 Å². The minimum atomic E-state index is -0.426. The number of nitrogens with zero attached hydrogens (tertiary/aromatic N) is 2. The van der Waals surface area contributed by atoms with Crippen LogP contribution in [0.1, 0.15) is 12.8 Å². The van der Waals surface area contributed by atoms with Crippen LogP contribution in [0.3, 0.4) is 0 Å². The number of halogens is 1. The van der Waals surface area contributed by atoms with Crippen molar-refractivity contribution >= 4 is 11.9 Å². The molecule has 0 aromatic heterocycles. The van der Waals surface area contributed by atoms with E-state index in [2.05, 4.69) is 0 Å². The average molecular weight is 338 g/mol. The molecule has 0 bridgehead atoms. The Morgan fingerprint density at radius 3 is 2.83 bits per heavy atom. The van der Waals surface area contributed by atoms with Crippen LogP contribution in [0.5, 0.6) is 5.75 Å². The lowest BCUT2D eigenvalue weighted by Gasteiger charge is -2.25. The third-order valence-corrected chi connectivity index (χ3v) is 4.12. The van der Waals surface area contributed by atoms with E-state index in [0.717, 1.165) is 6.42 Å². The standard InChI is InChI=1S/C17H23FN2O4/c1-19(10-11-24-15-8-4-3-6-13(15)18)16(21)12-20-9-5-7-14(20)17(22)23-2/h3-4,6,8,14H,5,7,9-12H2,1-2H3. The summed E-state index contributed by atoms with van der Waals surface area (Å²) in [5.74, 6) is -0.665. The highest BCUT2D eigenvalue weighted by atomic mass is 19.1. The fourth-order valence-electron chi connectivity index (χ4n) is 2.69. The van der Waals surface area contributed by atoms with Gasteiger partial charge in [0.25, 0.3) is 0 Å². The van der Waals surface area contributed by atoms with Gasteiger partial charge in [-0.2, -0.15) is 0 Å². The van der Waals surface area contributed by atoms with Gasteiger partial charge in [-0.25, -0.2) is 4.39 Å². The summed E-state index contributed by atoms with van der Waals surface area (Å²) >= 11 is 0. The monoisotopic (exact) mass is 338 g/mol. The maximum absolute atomic E-state index is 13.4. The van der Waals surface area contributed by atoms with Crippen molar-refractivity contribution in [3.63, 3.8) is 0 Å². The van der Waals surface area contributed by atoms with Crippen LogP contribution in [0.2, 0.25) is 0 Å². The van der Waals surface area contributed by atoms with E-state index in [9.17, 15) is 14.0 Å². The lowest BCUT2D eigenvalue weighted by atomic mass is 10.2. The van der Waals surface area contributed by atoms with Gasteiger partial charge in [0.1, 0.15) is 12.6 Å². The Labute approximate surface area is 141 Å². The normalized spacial score (nSPS) is 17.5. The van der Waals surface area contributed by atoms with Crippen molar-refractivity contribution in [1.82, 2.24) is 9.80 Å². The molecule has 1 aromatic rings. The molecule has 1 aliphatic rings. The van der Waals surface area contributed by atoms with Crippen LogP contribution in [0.25, 0.3) is 0 Å². The fourth-order valence-corrected chi connectivity index (χ4v) is 2.69. The van der Waals surface area contributed by atoms with E-state index in [-0.39, 0.29) is 36.8 Å². The molecule has 1 aromatic carbocycles. The van der Waals surface area contributed by atoms with Gasteiger partial charge in [0, 0.05) is 7.05 Å². The molecule has 0 aliphatic carbocycles. The number of ether oxygens (including phenoxy) is 2. The van der Waals surface area contributed by atoms with Gasteiger partial charge in [-0.1, -0.05) is 12.1 Å². The average Bonchev–Trinajstić information content (AvgIpc) is 3.03. The number of rotatable bonds is 7. The summed E-state index contributed by atoms with van der Waals surface area (Å²) in [5.41, 5.74) is 0. The number of likely N-dealkylation sites (tertiary alicyclic amines) is 1. The molecular formula is C17H23FN2O4. The van der Waals surface area contributed by atoms with Crippen LogP contribution in [-0.2, 0) is 14.3 Å². The quantitative estimate of drug-likeness (QED) is 0.702. The van der Waals surface area contributed by atoms with E-state index in [1.807, 2.05) is 4.90 Å². The summed E-state index contributed by atoms with van der Waals surface area (Å²) in [4.78, 5) is 27.3. The molecule has 2 rings (SSSR count). The number of para-hydroxylation sites is 1. The summed E-state index contributed by atoms with van der Waals surface area (Å²) in [6, 6.07) is 5.80. The van der Waals surface area contributed by atoms with Crippen molar-refractivity contribution in [2.24, 2.45) is 0 Å². The summed E-state index contributed by atoms with van der Waals surface area (Å²) < 4.78 is 23.6. The van der Waals surface area contributed by atoms with Crippen LogP contribution >= 0.6 is 0 Å². The first-order valence-corrected chi connectivity index (χ1v) is 7.96. The number of hydrogen-bond donors (Lipinski definition) is 0. The van der Waals surface area contributed by atoms with E-state index >= 15 is 0 Å². The molecule has 0 spiro atoms. The lowest BCUT2D eigenvalue weighted by molar-refractivity contribution is -0.146. The Balaban J connectivity index is 1.78. The van der Waals surface area contributed by atoms with Gasteiger partial charge < -0.3 is 14.4 Å². The van der Waals surface area contributed by atoms with Crippen molar-refractivity contribution in [3.05, 3.63) is 30.1 Å². The first-order valence-electron chi connectivity index (χ1n) is 7.96. The zero-order valence-electron chi connectivity index (χ0n) is 14.0. The summed E-state index contributed by atoms with van der Waals surface area (Å²) in [7, 11) is 3.02. The maximum Gasteiger partial charge on any atom is 0.323 e. The van der Waals surface area contributed by atoms with Gasteiger partial charge in [-0.05, 0) is 31.5 Å². The molecule has 1 aliphatic heterocycles. The summed E-state index contributed by atoms with van der Waals surface area (Å²) in [6.07, 6.45) is 1.58. The summed E-state index contributed by atoms with van der Waals surface area (Å²) in [5, 5.41) is 0. The molecule has 7 heteroatoms. The highest BCUT2D eigenvalue weighted by Gasteiger charge is 2.33. The smallest absolute Gasteiger partial charge is 0.323 e. The molecule has 1 atom stereocenters. The number of amides is 1.